The minimum absolute atomic E-state index is 0.00708. The van der Waals surface area contributed by atoms with Crippen molar-refractivity contribution in [3.8, 4) is 23.0 Å². The molecule has 0 aliphatic rings. The van der Waals surface area contributed by atoms with E-state index in [1.54, 1.807) is 45.0 Å². The molecule has 0 fully saturated rings. The van der Waals surface area contributed by atoms with Crippen molar-refractivity contribution in [2.75, 3.05) is 14.2 Å². The molecular formula is C26H28O8. The van der Waals surface area contributed by atoms with E-state index in [2.05, 4.69) is 0 Å². The first-order chi connectivity index (χ1) is 16.0. The average molecular weight is 469 g/mol. The number of hydrogen-bond donors (Lipinski definition) is 1. The first kappa shape index (κ1) is 26.2. The Kier molecular flexibility index (Phi) is 9.01. The van der Waals surface area contributed by atoms with Gasteiger partial charge in [-0.3, -0.25) is 9.59 Å². The summed E-state index contributed by atoms with van der Waals surface area (Å²) in [5.74, 6) is -0.0273. The van der Waals surface area contributed by atoms with Gasteiger partial charge in [-0.15, -0.1) is 0 Å². The second kappa shape index (κ2) is 11.7. The third-order valence-corrected chi connectivity index (χ3v) is 4.25. The van der Waals surface area contributed by atoms with E-state index in [0.717, 1.165) is 0 Å². The lowest BCUT2D eigenvalue weighted by atomic mass is 10.1. The molecule has 0 aliphatic heterocycles. The molecule has 180 valence electrons. The number of carbonyl (C=O) groups is 3. The number of phenols is 1. The van der Waals surface area contributed by atoms with E-state index >= 15 is 0 Å². The highest BCUT2D eigenvalue weighted by Crippen LogP contribution is 2.29. The van der Waals surface area contributed by atoms with Crippen molar-refractivity contribution in [1.29, 1.82) is 0 Å². The second-order valence-corrected chi connectivity index (χ2v) is 8.18. The number of aromatic hydroxyl groups is 1. The molecule has 0 amide bonds. The van der Waals surface area contributed by atoms with Crippen LogP contribution in [-0.4, -0.2) is 42.6 Å². The van der Waals surface area contributed by atoms with E-state index in [0.29, 0.717) is 11.1 Å². The number of ether oxygens (including phenoxy) is 4. The number of hydrogen-bond acceptors (Lipinski definition) is 8. The van der Waals surface area contributed by atoms with E-state index in [1.807, 2.05) is 0 Å². The van der Waals surface area contributed by atoms with Crippen molar-refractivity contribution >= 4 is 29.9 Å². The van der Waals surface area contributed by atoms with Crippen LogP contribution in [0.5, 0.6) is 23.0 Å². The van der Waals surface area contributed by atoms with Crippen molar-refractivity contribution in [3.63, 3.8) is 0 Å². The lowest BCUT2D eigenvalue weighted by molar-refractivity contribution is -0.121. The van der Waals surface area contributed by atoms with Crippen molar-refractivity contribution < 1.29 is 38.4 Å². The first-order valence-electron chi connectivity index (χ1n) is 10.4. The zero-order chi connectivity index (χ0) is 25.3. The molecule has 8 nitrogen and oxygen atoms in total. The van der Waals surface area contributed by atoms with Crippen molar-refractivity contribution in [3.05, 3.63) is 59.7 Å². The van der Waals surface area contributed by atoms with Crippen LogP contribution in [0.1, 0.15) is 38.3 Å². The molecule has 0 aliphatic carbocycles. The van der Waals surface area contributed by atoms with Crippen LogP contribution in [0.15, 0.2) is 48.6 Å². The summed E-state index contributed by atoms with van der Waals surface area (Å²) in [4.78, 5) is 36.2. The molecule has 0 saturated carbocycles. The molecule has 0 bridgehead atoms. The fraction of sp³-hybridized carbons (Fsp3) is 0.269. The van der Waals surface area contributed by atoms with Crippen molar-refractivity contribution in [2.45, 2.75) is 32.8 Å². The van der Waals surface area contributed by atoms with Gasteiger partial charge in [-0.2, -0.15) is 0 Å². The van der Waals surface area contributed by atoms with E-state index in [1.165, 1.54) is 50.7 Å². The highest BCUT2D eigenvalue weighted by molar-refractivity contribution is 6.10. The van der Waals surface area contributed by atoms with Crippen LogP contribution in [0.25, 0.3) is 12.2 Å². The van der Waals surface area contributed by atoms with Gasteiger partial charge in [0, 0.05) is 0 Å². The Bertz CT molecular complexity index is 1110. The van der Waals surface area contributed by atoms with Crippen molar-refractivity contribution in [1.82, 2.24) is 0 Å². The zero-order valence-corrected chi connectivity index (χ0v) is 19.8. The van der Waals surface area contributed by atoms with Gasteiger partial charge in [0.1, 0.15) is 5.60 Å². The normalized spacial score (nSPS) is 11.4. The molecule has 0 radical (unpaired) electrons. The van der Waals surface area contributed by atoms with Gasteiger partial charge in [-0.25, -0.2) is 4.79 Å². The smallest absolute Gasteiger partial charge is 0.504 e. The standard InChI is InChI=1S/C26H28O8/c1-26(2,3)34-25(30)33-22-13-9-18(15-24(22)32-5)7-11-20(28)16-19(27)10-6-17-8-12-21(29)23(14-17)31-4/h6-15,29H,16H2,1-5H3/b10-6+,11-7+. The number of phenolic OH excluding ortho intramolecular Hbond substituents is 1. The monoisotopic (exact) mass is 468 g/mol. The SMILES string of the molecule is COc1cc(/C=C/C(=O)CC(=O)/C=C/c2ccc(OC(=O)OC(C)(C)C)c(OC)c2)ccc1O. The quantitative estimate of drug-likeness (QED) is 0.238. The Balaban J connectivity index is 1.98. The molecule has 8 heteroatoms. The third kappa shape index (κ3) is 8.46. The van der Waals surface area contributed by atoms with E-state index in [9.17, 15) is 19.5 Å². The molecule has 2 aromatic rings. The molecule has 1 N–H and O–H groups in total. The maximum Gasteiger partial charge on any atom is 0.514 e. The van der Waals surface area contributed by atoms with Crippen LogP contribution in [-0.2, 0) is 14.3 Å². The van der Waals surface area contributed by atoms with Crippen LogP contribution >= 0.6 is 0 Å². The zero-order valence-electron chi connectivity index (χ0n) is 19.8. The molecule has 0 spiro atoms. The van der Waals surface area contributed by atoms with Crippen LogP contribution in [0.2, 0.25) is 0 Å². The number of allylic oxidation sites excluding steroid dienone is 2. The maximum absolute atomic E-state index is 12.2. The molecule has 0 atom stereocenters. The molecule has 34 heavy (non-hydrogen) atoms. The first-order valence-corrected chi connectivity index (χ1v) is 10.4. The van der Waals surface area contributed by atoms with Gasteiger partial charge in [0.05, 0.1) is 20.6 Å². The average Bonchev–Trinajstić information content (AvgIpc) is 2.76. The largest absolute Gasteiger partial charge is 0.514 e. The fourth-order valence-electron chi connectivity index (χ4n) is 2.70. The van der Waals surface area contributed by atoms with Crippen LogP contribution in [0.4, 0.5) is 4.79 Å². The van der Waals surface area contributed by atoms with Gasteiger partial charge in [-0.1, -0.05) is 24.3 Å². The maximum atomic E-state index is 12.2. The van der Waals surface area contributed by atoms with Gasteiger partial charge in [-0.05, 0) is 68.3 Å². The molecule has 0 heterocycles. The van der Waals surface area contributed by atoms with Crippen LogP contribution < -0.4 is 14.2 Å². The van der Waals surface area contributed by atoms with E-state index in [-0.39, 0.29) is 41.0 Å². The Morgan fingerprint density at radius 1 is 0.824 bits per heavy atom. The minimum Gasteiger partial charge on any atom is -0.504 e. The Labute approximate surface area is 198 Å². The highest BCUT2D eigenvalue weighted by Gasteiger charge is 2.19. The predicted molar refractivity (Wildman–Crippen MR) is 127 cm³/mol. The lowest BCUT2D eigenvalue weighted by Gasteiger charge is -2.19. The van der Waals surface area contributed by atoms with Crippen LogP contribution in [0, 0.1) is 0 Å². The molecule has 0 unspecified atom stereocenters. The predicted octanol–water partition coefficient (Wildman–Crippen LogP) is 4.98. The number of carbonyl (C=O) groups excluding carboxylic acids is 3. The molecule has 2 rings (SSSR count). The Morgan fingerprint density at radius 2 is 1.35 bits per heavy atom. The fourth-order valence-corrected chi connectivity index (χ4v) is 2.70. The topological polar surface area (TPSA) is 108 Å². The summed E-state index contributed by atoms with van der Waals surface area (Å²) < 4.78 is 20.6. The summed E-state index contributed by atoms with van der Waals surface area (Å²) in [6.45, 7) is 5.17. The summed E-state index contributed by atoms with van der Waals surface area (Å²) in [7, 11) is 2.85. The van der Waals surface area contributed by atoms with Gasteiger partial charge in [0.25, 0.3) is 0 Å². The molecule has 0 aromatic heterocycles. The Hall–Kier alpha value is -4.07. The van der Waals surface area contributed by atoms with Crippen LogP contribution in [0.3, 0.4) is 0 Å². The van der Waals surface area contributed by atoms with Gasteiger partial charge in [0.15, 0.2) is 34.6 Å². The molecule has 2 aromatic carbocycles. The van der Waals surface area contributed by atoms with Gasteiger partial charge in [0.2, 0.25) is 0 Å². The number of methoxy groups -OCH3 is 2. The Morgan fingerprint density at radius 3 is 1.88 bits per heavy atom. The third-order valence-electron chi connectivity index (χ3n) is 4.25. The van der Waals surface area contributed by atoms with E-state index in [4.69, 9.17) is 18.9 Å². The molecule has 0 saturated heterocycles. The van der Waals surface area contributed by atoms with Gasteiger partial charge >= 0.3 is 6.16 Å². The number of benzene rings is 2. The summed E-state index contributed by atoms with van der Waals surface area (Å²) >= 11 is 0. The summed E-state index contributed by atoms with van der Waals surface area (Å²) in [5.41, 5.74) is 0.560. The summed E-state index contributed by atoms with van der Waals surface area (Å²) in [6.07, 6.45) is 4.49. The number of ketones is 2. The molecular weight excluding hydrogens is 440 g/mol. The second-order valence-electron chi connectivity index (χ2n) is 8.18. The summed E-state index contributed by atoms with van der Waals surface area (Å²) in [5, 5.41) is 9.61. The van der Waals surface area contributed by atoms with E-state index < -0.39 is 11.8 Å². The lowest BCUT2D eigenvalue weighted by Crippen LogP contribution is -2.26. The van der Waals surface area contributed by atoms with Gasteiger partial charge < -0.3 is 24.1 Å². The summed E-state index contributed by atoms with van der Waals surface area (Å²) in [6, 6.07) is 9.38. The van der Waals surface area contributed by atoms with Crippen molar-refractivity contribution in [2.24, 2.45) is 0 Å². The highest BCUT2D eigenvalue weighted by atomic mass is 16.7. The number of rotatable bonds is 9. The minimum atomic E-state index is -0.860.